The highest BCUT2D eigenvalue weighted by molar-refractivity contribution is 7.44. The van der Waals surface area contributed by atoms with Gasteiger partial charge in [-0.15, -0.1) is 0 Å². The Morgan fingerprint density at radius 1 is 1.14 bits per heavy atom. The van der Waals surface area contributed by atoms with Crippen LogP contribution in [0.15, 0.2) is 0 Å². The van der Waals surface area contributed by atoms with E-state index < -0.39 is 33.0 Å². The fourth-order valence-corrected chi connectivity index (χ4v) is 4.38. The van der Waals surface area contributed by atoms with Crippen LogP contribution >= 0.6 is 8.53 Å². The van der Waals surface area contributed by atoms with Gasteiger partial charge in [-0.1, -0.05) is 13.8 Å². The summed E-state index contributed by atoms with van der Waals surface area (Å²) in [4.78, 5) is 22.5. The van der Waals surface area contributed by atoms with E-state index >= 15 is 0 Å². The third-order valence-corrected chi connectivity index (χ3v) is 5.39. The van der Waals surface area contributed by atoms with Crippen LogP contribution in [0.2, 0.25) is 0 Å². The zero-order valence-electron chi connectivity index (χ0n) is 17.1. The van der Waals surface area contributed by atoms with Crippen LogP contribution in [0.4, 0.5) is 0 Å². The van der Waals surface area contributed by atoms with Gasteiger partial charge in [0.05, 0.1) is 31.6 Å². The van der Waals surface area contributed by atoms with Crippen LogP contribution in [0.1, 0.15) is 53.4 Å². The number of carbonyl (C=O) groups excluding carboxylic acids is 2. The van der Waals surface area contributed by atoms with Crippen molar-refractivity contribution in [3.05, 3.63) is 0 Å². The lowest BCUT2D eigenvalue weighted by atomic mass is 10.1. The molecule has 0 aromatic carbocycles. The van der Waals surface area contributed by atoms with Gasteiger partial charge in [-0.25, -0.2) is 4.67 Å². The second-order valence-electron chi connectivity index (χ2n) is 6.38. The van der Waals surface area contributed by atoms with Crippen LogP contribution in [0.5, 0.6) is 0 Å². The molecule has 1 aliphatic heterocycles. The lowest BCUT2D eigenvalue weighted by Gasteiger charge is -2.30. The average molecular weight is 418 g/mol. The summed E-state index contributed by atoms with van der Waals surface area (Å²) in [6.07, 6.45) is 0.917. The maximum Gasteiger partial charge on any atom is 0.304 e. The number of rotatable bonds is 13. The van der Waals surface area contributed by atoms with E-state index in [9.17, 15) is 9.59 Å². The first kappa shape index (κ1) is 24.7. The molecule has 9 nitrogen and oxygen atoms in total. The summed E-state index contributed by atoms with van der Waals surface area (Å²) < 4.78 is 29.8. The van der Waals surface area contributed by atoms with Gasteiger partial charge in [-0.05, 0) is 12.8 Å². The number of ether oxygens (including phenoxy) is 3. The lowest BCUT2D eigenvalue weighted by Crippen LogP contribution is -2.28. The number of hydrogen-bond donors (Lipinski definition) is 0. The molecule has 0 spiro atoms. The van der Waals surface area contributed by atoms with E-state index in [4.69, 9.17) is 28.5 Å². The normalized spacial score (nSPS) is 22.6. The van der Waals surface area contributed by atoms with Crippen molar-refractivity contribution in [2.45, 2.75) is 66.0 Å². The molecule has 0 bridgehead atoms. The summed E-state index contributed by atoms with van der Waals surface area (Å²) in [5.41, 5.74) is 0. The van der Waals surface area contributed by atoms with Gasteiger partial charge in [0.15, 0.2) is 0 Å². The van der Waals surface area contributed by atoms with Crippen LogP contribution in [-0.4, -0.2) is 55.5 Å². The highest BCUT2D eigenvalue weighted by atomic mass is 31.2. The fraction of sp³-hybridized carbons (Fsp3) is 0.833. The van der Waals surface area contributed by atoms with E-state index in [0.29, 0.717) is 6.42 Å². The molecule has 1 saturated heterocycles. The van der Waals surface area contributed by atoms with Gasteiger partial charge in [0.1, 0.15) is 0 Å². The predicted octanol–water partition coefficient (Wildman–Crippen LogP) is 3.10. The Morgan fingerprint density at radius 2 is 1.79 bits per heavy atom. The van der Waals surface area contributed by atoms with Crippen molar-refractivity contribution in [2.24, 2.45) is 5.92 Å². The third-order valence-electron chi connectivity index (χ3n) is 3.75. The molecule has 1 fully saturated rings. The SMILES string of the molecule is CCCN(CCC)P(OCCC#N)OC[C@@H]1C[C@H](OC(C)=O)OC1OC(C)=O. The molecule has 0 aromatic rings. The summed E-state index contributed by atoms with van der Waals surface area (Å²) >= 11 is 0. The lowest BCUT2D eigenvalue weighted by molar-refractivity contribution is -0.212. The molecule has 2 unspecified atom stereocenters. The summed E-state index contributed by atoms with van der Waals surface area (Å²) in [6.45, 7) is 8.89. The molecule has 1 rings (SSSR count). The van der Waals surface area contributed by atoms with Crippen molar-refractivity contribution >= 4 is 20.5 Å². The highest BCUT2D eigenvalue weighted by Crippen LogP contribution is 2.44. The van der Waals surface area contributed by atoms with E-state index in [1.165, 1.54) is 13.8 Å². The van der Waals surface area contributed by atoms with Crippen molar-refractivity contribution < 1.29 is 32.8 Å². The number of hydrogen-bond acceptors (Lipinski definition) is 9. The molecule has 4 atom stereocenters. The molecular weight excluding hydrogens is 387 g/mol. The zero-order valence-corrected chi connectivity index (χ0v) is 18.0. The van der Waals surface area contributed by atoms with Gasteiger partial charge >= 0.3 is 11.9 Å². The number of nitriles is 1. The topological polar surface area (TPSA) is 107 Å². The van der Waals surface area contributed by atoms with Crippen LogP contribution in [0.25, 0.3) is 0 Å². The molecule has 1 aliphatic rings. The molecule has 0 radical (unpaired) electrons. The first-order valence-electron chi connectivity index (χ1n) is 9.58. The minimum atomic E-state index is -1.36. The Balaban J connectivity index is 2.75. The number of carbonyl (C=O) groups is 2. The number of nitrogens with zero attached hydrogens (tertiary/aromatic N) is 2. The molecule has 160 valence electrons. The fourth-order valence-electron chi connectivity index (χ4n) is 2.69. The van der Waals surface area contributed by atoms with E-state index in [2.05, 4.69) is 24.6 Å². The second-order valence-corrected chi connectivity index (χ2v) is 7.94. The Labute approximate surface area is 168 Å². The van der Waals surface area contributed by atoms with Gasteiger partial charge in [0.25, 0.3) is 8.53 Å². The minimum absolute atomic E-state index is 0.220. The maximum absolute atomic E-state index is 11.4. The van der Waals surface area contributed by atoms with E-state index in [0.717, 1.165) is 25.9 Å². The Morgan fingerprint density at radius 3 is 2.32 bits per heavy atom. The van der Waals surface area contributed by atoms with Gasteiger partial charge in [0.2, 0.25) is 12.6 Å². The smallest absolute Gasteiger partial charge is 0.304 e. The van der Waals surface area contributed by atoms with Gasteiger partial charge in [-0.3, -0.25) is 9.59 Å². The quantitative estimate of drug-likeness (QED) is 0.253. The molecule has 0 amide bonds. The van der Waals surface area contributed by atoms with Crippen LogP contribution in [0, 0.1) is 17.2 Å². The van der Waals surface area contributed by atoms with Crippen molar-refractivity contribution in [3.63, 3.8) is 0 Å². The van der Waals surface area contributed by atoms with E-state index in [1.54, 1.807) is 0 Å². The Kier molecular flexibility index (Phi) is 12.2. The van der Waals surface area contributed by atoms with Crippen molar-refractivity contribution in [3.8, 4) is 6.07 Å². The first-order chi connectivity index (χ1) is 13.4. The van der Waals surface area contributed by atoms with Crippen molar-refractivity contribution in [2.75, 3.05) is 26.3 Å². The maximum atomic E-state index is 11.4. The summed E-state index contributed by atoms with van der Waals surface area (Å²) in [5, 5.41) is 8.76. The Bertz CT molecular complexity index is 523. The molecule has 0 aromatic heterocycles. The standard InChI is InChI=1S/C18H31N2O7P/c1-5-9-20(10-6-2)28(23-11-7-8-19)24-13-16-12-17(25-14(3)21)27-18(16)26-15(4)22/h16-18H,5-7,9-13H2,1-4H3/t16-,17+,18?,28?/m0/s1. The number of esters is 2. The second kappa shape index (κ2) is 13.8. The summed E-state index contributed by atoms with van der Waals surface area (Å²) in [6, 6.07) is 2.06. The minimum Gasteiger partial charge on any atom is -0.436 e. The van der Waals surface area contributed by atoms with Crippen LogP contribution in [0.3, 0.4) is 0 Å². The molecule has 0 aliphatic carbocycles. The Hall–Kier alpha value is -1.30. The first-order valence-corrected chi connectivity index (χ1v) is 10.7. The highest BCUT2D eigenvalue weighted by Gasteiger charge is 2.40. The van der Waals surface area contributed by atoms with Crippen LogP contribution < -0.4 is 0 Å². The average Bonchev–Trinajstić information content (AvgIpc) is 2.97. The largest absolute Gasteiger partial charge is 0.436 e. The summed E-state index contributed by atoms with van der Waals surface area (Å²) in [7, 11) is -1.36. The van der Waals surface area contributed by atoms with Crippen LogP contribution in [-0.2, 0) is 32.8 Å². The van der Waals surface area contributed by atoms with E-state index in [1.807, 2.05) is 0 Å². The molecule has 0 saturated carbocycles. The molecule has 0 N–H and O–H groups in total. The molecular formula is C18H31N2O7P. The van der Waals surface area contributed by atoms with Crippen molar-refractivity contribution in [1.29, 1.82) is 5.26 Å². The molecule has 1 heterocycles. The summed E-state index contributed by atoms with van der Waals surface area (Å²) in [5.74, 6) is -1.24. The monoisotopic (exact) mass is 418 g/mol. The third kappa shape index (κ3) is 9.26. The predicted molar refractivity (Wildman–Crippen MR) is 102 cm³/mol. The van der Waals surface area contributed by atoms with Gasteiger partial charge in [-0.2, -0.15) is 5.26 Å². The van der Waals surface area contributed by atoms with Gasteiger partial charge in [0, 0.05) is 33.4 Å². The molecule has 10 heteroatoms. The van der Waals surface area contributed by atoms with E-state index in [-0.39, 0.29) is 25.6 Å². The molecule has 28 heavy (non-hydrogen) atoms. The van der Waals surface area contributed by atoms with Gasteiger partial charge < -0.3 is 23.3 Å². The zero-order chi connectivity index (χ0) is 20.9. The van der Waals surface area contributed by atoms with Crippen molar-refractivity contribution in [1.82, 2.24) is 4.67 Å².